The average molecular weight is 378 g/mol. The standard InChI is InChI=1S/C17H20F2N6S/c1-26-17-21-12(15(18)19)10-14(23-17)25-8-6-24(7-9-25)13-4-5-20-16(22-13)11-2-3-11/h4-5,10-11,15H,2-3,6-9H2,1H3. The number of thioether (sulfide) groups is 1. The van der Waals surface area contributed by atoms with Gasteiger partial charge in [-0.05, 0) is 25.2 Å². The molecule has 0 N–H and O–H groups in total. The zero-order valence-electron chi connectivity index (χ0n) is 14.5. The van der Waals surface area contributed by atoms with E-state index < -0.39 is 6.43 Å². The molecule has 4 rings (SSSR count). The van der Waals surface area contributed by atoms with E-state index in [0.717, 1.165) is 24.7 Å². The third-order valence-corrected chi connectivity index (χ3v) is 5.20. The van der Waals surface area contributed by atoms with E-state index in [9.17, 15) is 8.78 Å². The molecule has 2 aromatic rings. The highest BCUT2D eigenvalue weighted by Gasteiger charge is 2.28. The van der Waals surface area contributed by atoms with E-state index in [2.05, 4.69) is 24.8 Å². The molecule has 0 atom stereocenters. The van der Waals surface area contributed by atoms with Crippen molar-refractivity contribution in [1.82, 2.24) is 19.9 Å². The maximum Gasteiger partial charge on any atom is 0.280 e. The summed E-state index contributed by atoms with van der Waals surface area (Å²) in [5.41, 5.74) is -0.216. The first-order chi connectivity index (χ1) is 12.6. The zero-order valence-corrected chi connectivity index (χ0v) is 15.3. The Morgan fingerprint density at radius 3 is 2.35 bits per heavy atom. The molecule has 6 nitrogen and oxygen atoms in total. The molecule has 1 saturated heterocycles. The highest BCUT2D eigenvalue weighted by molar-refractivity contribution is 7.98. The highest BCUT2D eigenvalue weighted by atomic mass is 32.2. The summed E-state index contributed by atoms with van der Waals surface area (Å²) in [6.45, 7) is 2.94. The Balaban J connectivity index is 1.46. The fourth-order valence-corrected chi connectivity index (χ4v) is 3.42. The molecule has 0 spiro atoms. The summed E-state index contributed by atoms with van der Waals surface area (Å²) in [6, 6.07) is 3.34. The van der Waals surface area contributed by atoms with E-state index in [0.29, 0.717) is 30.0 Å². The lowest BCUT2D eigenvalue weighted by molar-refractivity contribution is 0.145. The first kappa shape index (κ1) is 17.4. The van der Waals surface area contributed by atoms with Gasteiger partial charge in [0.05, 0.1) is 0 Å². The van der Waals surface area contributed by atoms with Crippen molar-refractivity contribution in [3.8, 4) is 0 Å². The largest absolute Gasteiger partial charge is 0.353 e. The Bertz CT molecular complexity index is 778. The Labute approximate surface area is 155 Å². The Morgan fingerprint density at radius 1 is 1.04 bits per heavy atom. The summed E-state index contributed by atoms with van der Waals surface area (Å²) in [6.07, 6.45) is 3.38. The lowest BCUT2D eigenvalue weighted by Crippen LogP contribution is -2.47. The summed E-state index contributed by atoms with van der Waals surface area (Å²) in [5, 5.41) is 0.380. The third-order valence-electron chi connectivity index (χ3n) is 4.65. The monoisotopic (exact) mass is 378 g/mol. The molecule has 1 saturated carbocycles. The molecule has 1 aliphatic carbocycles. The number of rotatable bonds is 5. The van der Waals surface area contributed by atoms with Crippen LogP contribution in [-0.2, 0) is 0 Å². The van der Waals surface area contributed by atoms with E-state index in [1.807, 2.05) is 17.2 Å². The number of anilines is 2. The van der Waals surface area contributed by atoms with Crippen LogP contribution in [0.15, 0.2) is 23.5 Å². The van der Waals surface area contributed by atoms with Gasteiger partial charge >= 0.3 is 0 Å². The highest BCUT2D eigenvalue weighted by Crippen LogP contribution is 2.38. The van der Waals surface area contributed by atoms with Crippen molar-refractivity contribution in [3.05, 3.63) is 29.8 Å². The van der Waals surface area contributed by atoms with Crippen molar-refractivity contribution >= 4 is 23.4 Å². The van der Waals surface area contributed by atoms with Crippen LogP contribution in [0.1, 0.15) is 36.7 Å². The summed E-state index contributed by atoms with van der Waals surface area (Å²) in [5.74, 6) is 2.98. The number of alkyl halides is 2. The van der Waals surface area contributed by atoms with Crippen LogP contribution in [0.2, 0.25) is 0 Å². The second-order valence-electron chi connectivity index (χ2n) is 6.46. The Morgan fingerprint density at radius 2 is 1.73 bits per heavy atom. The van der Waals surface area contributed by atoms with Gasteiger partial charge in [-0.3, -0.25) is 0 Å². The Hall–Kier alpha value is -2.03. The van der Waals surface area contributed by atoms with Crippen LogP contribution in [0.5, 0.6) is 0 Å². The number of piperazine rings is 1. The number of nitrogens with zero attached hydrogens (tertiary/aromatic N) is 6. The predicted octanol–water partition coefficient (Wildman–Crippen LogP) is 3.13. The van der Waals surface area contributed by atoms with Crippen LogP contribution < -0.4 is 9.80 Å². The lowest BCUT2D eigenvalue weighted by atomic mass is 10.3. The normalized spacial score (nSPS) is 17.8. The van der Waals surface area contributed by atoms with E-state index in [4.69, 9.17) is 0 Å². The van der Waals surface area contributed by atoms with Crippen molar-refractivity contribution in [2.45, 2.75) is 30.3 Å². The first-order valence-corrected chi connectivity index (χ1v) is 9.90. The predicted molar refractivity (Wildman–Crippen MR) is 97.2 cm³/mol. The first-order valence-electron chi connectivity index (χ1n) is 8.68. The zero-order chi connectivity index (χ0) is 18.1. The van der Waals surface area contributed by atoms with Gasteiger partial charge in [-0.2, -0.15) is 0 Å². The smallest absolute Gasteiger partial charge is 0.280 e. The van der Waals surface area contributed by atoms with Gasteiger partial charge in [-0.1, -0.05) is 11.8 Å². The maximum atomic E-state index is 13.1. The van der Waals surface area contributed by atoms with E-state index >= 15 is 0 Å². The van der Waals surface area contributed by atoms with Gasteiger partial charge in [-0.25, -0.2) is 28.7 Å². The fraction of sp³-hybridized carbons (Fsp3) is 0.529. The van der Waals surface area contributed by atoms with Crippen LogP contribution in [0.3, 0.4) is 0 Å². The van der Waals surface area contributed by atoms with Crippen LogP contribution in [0.4, 0.5) is 20.4 Å². The molecule has 0 aromatic carbocycles. The number of halogens is 2. The van der Waals surface area contributed by atoms with E-state index in [1.165, 1.54) is 30.7 Å². The van der Waals surface area contributed by atoms with Crippen LogP contribution in [-0.4, -0.2) is 52.4 Å². The molecular weight excluding hydrogens is 358 g/mol. The SMILES string of the molecule is CSc1nc(C(F)F)cc(N2CCN(c3ccnc(C4CC4)n3)CC2)n1. The van der Waals surface area contributed by atoms with Crippen molar-refractivity contribution in [3.63, 3.8) is 0 Å². The molecule has 1 aliphatic heterocycles. The quantitative estimate of drug-likeness (QED) is 0.585. The minimum absolute atomic E-state index is 0.216. The van der Waals surface area contributed by atoms with Gasteiger partial charge in [0.25, 0.3) is 6.43 Å². The maximum absolute atomic E-state index is 13.1. The minimum atomic E-state index is -2.59. The molecular formula is C17H20F2N6S. The molecule has 138 valence electrons. The molecule has 2 aliphatic rings. The summed E-state index contributed by atoms with van der Waals surface area (Å²) < 4.78 is 26.2. The fourth-order valence-electron chi connectivity index (χ4n) is 3.04. The van der Waals surface area contributed by atoms with Gasteiger partial charge in [0.2, 0.25) is 0 Å². The summed E-state index contributed by atoms with van der Waals surface area (Å²) >= 11 is 1.28. The molecule has 0 radical (unpaired) electrons. The van der Waals surface area contributed by atoms with Gasteiger partial charge in [-0.15, -0.1) is 0 Å². The van der Waals surface area contributed by atoms with Gasteiger partial charge in [0.1, 0.15) is 23.2 Å². The van der Waals surface area contributed by atoms with Crippen LogP contribution in [0.25, 0.3) is 0 Å². The van der Waals surface area contributed by atoms with Crippen molar-refractivity contribution in [2.24, 2.45) is 0 Å². The Kier molecular flexibility index (Phi) is 4.88. The van der Waals surface area contributed by atoms with E-state index in [1.54, 1.807) is 6.26 Å². The van der Waals surface area contributed by atoms with E-state index in [-0.39, 0.29) is 5.69 Å². The average Bonchev–Trinajstić information content (AvgIpc) is 3.53. The molecule has 2 aromatic heterocycles. The molecule has 3 heterocycles. The third kappa shape index (κ3) is 3.72. The number of aromatic nitrogens is 4. The van der Waals surface area contributed by atoms with Gasteiger partial charge < -0.3 is 9.80 Å². The van der Waals surface area contributed by atoms with Gasteiger partial charge in [0.15, 0.2) is 5.16 Å². The van der Waals surface area contributed by atoms with Crippen molar-refractivity contribution < 1.29 is 8.78 Å². The molecule has 9 heteroatoms. The van der Waals surface area contributed by atoms with Crippen LogP contribution in [0, 0.1) is 0 Å². The minimum Gasteiger partial charge on any atom is -0.353 e. The number of hydrogen-bond acceptors (Lipinski definition) is 7. The molecule has 0 unspecified atom stereocenters. The molecule has 26 heavy (non-hydrogen) atoms. The topological polar surface area (TPSA) is 58.0 Å². The molecule has 0 amide bonds. The summed E-state index contributed by atoms with van der Waals surface area (Å²) in [4.78, 5) is 21.6. The number of hydrogen-bond donors (Lipinski definition) is 0. The molecule has 2 fully saturated rings. The second kappa shape index (κ2) is 7.30. The second-order valence-corrected chi connectivity index (χ2v) is 7.23. The summed E-state index contributed by atoms with van der Waals surface area (Å²) in [7, 11) is 0. The van der Waals surface area contributed by atoms with Crippen LogP contribution >= 0.6 is 11.8 Å². The van der Waals surface area contributed by atoms with Gasteiger partial charge in [0, 0.05) is 44.4 Å². The van der Waals surface area contributed by atoms with Crippen molar-refractivity contribution in [1.29, 1.82) is 0 Å². The van der Waals surface area contributed by atoms with Crippen molar-refractivity contribution in [2.75, 3.05) is 42.2 Å². The molecule has 0 bridgehead atoms. The lowest BCUT2D eigenvalue weighted by Gasteiger charge is -2.36.